The average molecular weight is 307 g/mol. The molecule has 0 bridgehead atoms. The number of fused-ring (bicyclic) bond motifs is 1. The van der Waals surface area contributed by atoms with Crippen molar-refractivity contribution < 1.29 is 4.79 Å². The summed E-state index contributed by atoms with van der Waals surface area (Å²) in [4.78, 5) is 14.7. The van der Waals surface area contributed by atoms with Crippen LogP contribution in [0.15, 0.2) is 0 Å². The molecule has 0 radical (unpaired) electrons. The summed E-state index contributed by atoms with van der Waals surface area (Å²) in [7, 11) is 0. The van der Waals surface area contributed by atoms with Crippen LogP contribution in [0.3, 0.4) is 0 Å². The van der Waals surface area contributed by atoms with Crippen molar-refractivity contribution >= 4 is 30.1 Å². The number of carbonyl (C=O) groups is 1. The zero-order valence-corrected chi connectivity index (χ0v) is 13.8. The number of halogens is 1. The number of carbonyl (C=O) groups excluding carboxylic acids is 1. The molecule has 1 heterocycles. The highest BCUT2D eigenvalue weighted by Crippen LogP contribution is 2.38. The molecule has 0 aromatic rings. The fraction of sp³-hybridized carbons (Fsp3) is 0.929. The van der Waals surface area contributed by atoms with Crippen LogP contribution in [0.2, 0.25) is 0 Å². The van der Waals surface area contributed by atoms with Gasteiger partial charge in [-0.25, -0.2) is 0 Å². The molecular weight excluding hydrogens is 280 g/mol. The van der Waals surface area contributed by atoms with Crippen LogP contribution in [0.1, 0.15) is 33.6 Å². The molecule has 3 nitrogen and oxygen atoms in total. The first-order valence-electron chi connectivity index (χ1n) is 7.20. The van der Waals surface area contributed by atoms with Gasteiger partial charge >= 0.3 is 0 Å². The zero-order chi connectivity index (χ0) is 13.3. The highest BCUT2D eigenvalue weighted by Gasteiger charge is 2.43. The third-order valence-electron chi connectivity index (χ3n) is 4.42. The van der Waals surface area contributed by atoms with Gasteiger partial charge in [-0.3, -0.25) is 4.79 Å². The highest BCUT2D eigenvalue weighted by atomic mass is 35.5. The summed E-state index contributed by atoms with van der Waals surface area (Å²) in [5.41, 5.74) is 6.13. The summed E-state index contributed by atoms with van der Waals surface area (Å²) in [6.07, 6.45) is 2.36. The predicted octanol–water partition coefficient (Wildman–Crippen LogP) is 2.38. The lowest BCUT2D eigenvalue weighted by atomic mass is 9.98. The van der Waals surface area contributed by atoms with Gasteiger partial charge in [0.15, 0.2) is 0 Å². The van der Waals surface area contributed by atoms with Crippen LogP contribution in [-0.4, -0.2) is 40.9 Å². The molecule has 1 amide bonds. The Hall–Kier alpha value is 0.0700. The fourth-order valence-electron chi connectivity index (χ4n) is 3.40. The normalized spacial score (nSPS) is 31.2. The van der Waals surface area contributed by atoms with Crippen LogP contribution < -0.4 is 5.73 Å². The third kappa shape index (κ3) is 3.59. The van der Waals surface area contributed by atoms with Crippen LogP contribution >= 0.6 is 24.2 Å². The topological polar surface area (TPSA) is 46.3 Å². The molecule has 0 aromatic heterocycles. The van der Waals surface area contributed by atoms with Crippen molar-refractivity contribution in [3.8, 4) is 0 Å². The van der Waals surface area contributed by atoms with Gasteiger partial charge in [0.1, 0.15) is 0 Å². The van der Waals surface area contributed by atoms with E-state index in [9.17, 15) is 4.79 Å². The van der Waals surface area contributed by atoms with Gasteiger partial charge in [0.2, 0.25) is 5.91 Å². The first kappa shape index (κ1) is 17.1. The number of likely N-dealkylation sites (tertiary alicyclic amines) is 1. The lowest BCUT2D eigenvalue weighted by molar-refractivity contribution is -0.130. The second-order valence-corrected chi connectivity index (χ2v) is 7.45. The SMILES string of the molecule is CCSC(C(=O)N1CC2CCC(N)C2C1)C(C)C.Cl. The summed E-state index contributed by atoms with van der Waals surface area (Å²) in [6, 6.07) is 0.323. The average Bonchev–Trinajstić information content (AvgIpc) is 2.88. The van der Waals surface area contributed by atoms with E-state index in [-0.39, 0.29) is 17.7 Å². The van der Waals surface area contributed by atoms with Gasteiger partial charge in [-0.2, -0.15) is 0 Å². The molecule has 5 heteroatoms. The Morgan fingerprint density at radius 3 is 2.58 bits per heavy atom. The van der Waals surface area contributed by atoms with E-state index in [0.29, 0.717) is 29.7 Å². The maximum absolute atomic E-state index is 12.6. The zero-order valence-electron chi connectivity index (χ0n) is 12.2. The van der Waals surface area contributed by atoms with Crippen molar-refractivity contribution in [2.45, 2.75) is 44.9 Å². The summed E-state index contributed by atoms with van der Waals surface area (Å²) >= 11 is 1.79. The van der Waals surface area contributed by atoms with E-state index in [1.165, 1.54) is 6.42 Å². The number of nitrogens with zero attached hydrogens (tertiary/aromatic N) is 1. The Balaban J connectivity index is 0.00000180. The monoisotopic (exact) mass is 306 g/mol. The van der Waals surface area contributed by atoms with Crippen LogP contribution in [0, 0.1) is 17.8 Å². The number of rotatable bonds is 4. The molecule has 2 rings (SSSR count). The smallest absolute Gasteiger partial charge is 0.235 e. The maximum atomic E-state index is 12.6. The van der Waals surface area contributed by atoms with Crippen molar-refractivity contribution in [1.82, 2.24) is 4.90 Å². The van der Waals surface area contributed by atoms with Gasteiger partial charge in [-0.1, -0.05) is 20.8 Å². The Kier molecular flexibility index (Phi) is 6.48. The maximum Gasteiger partial charge on any atom is 0.235 e. The predicted molar refractivity (Wildman–Crippen MR) is 84.8 cm³/mol. The Bertz CT molecular complexity index is 314. The van der Waals surface area contributed by atoms with Crippen molar-refractivity contribution in [3.05, 3.63) is 0 Å². The largest absolute Gasteiger partial charge is 0.341 e. The molecule has 2 fully saturated rings. The van der Waals surface area contributed by atoms with E-state index in [1.54, 1.807) is 11.8 Å². The van der Waals surface area contributed by atoms with Crippen molar-refractivity contribution in [2.24, 2.45) is 23.5 Å². The molecule has 0 aromatic carbocycles. The summed E-state index contributed by atoms with van der Waals surface area (Å²) < 4.78 is 0. The van der Waals surface area contributed by atoms with Gasteiger partial charge in [-0.05, 0) is 36.3 Å². The van der Waals surface area contributed by atoms with E-state index in [1.807, 2.05) is 0 Å². The fourth-order valence-corrected chi connectivity index (χ4v) is 4.43. The lowest BCUT2D eigenvalue weighted by Gasteiger charge is -2.26. The number of hydrogen-bond donors (Lipinski definition) is 1. The number of amides is 1. The first-order valence-corrected chi connectivity index (χ1v) is 8.25. The minimum atomic E-state index is 0. The Morgan fingerprint density at radius 1 is 1.37 bits per heavy atom. The number of nitrogens with two attached hydrogens (primary N) is 1. The summed E-state index contributed by atoms with van der Waals surface area (Å²) in [5, 5.41) is 0.130. The molecule has 0 spiro atoms. The number of hydrogen-bond acceptors (Lipinski definition) is 3. The second-order valence-electron chi connectivity index (χ2n) is 6.03. The molecule has 2 N–H and O–H groups in total. The Labute approximate surface area is 127 Å². The molecular formula is C14H27ClN2OS. The Morgan fingerprint density at radius 2 is 2.05 bits per heavy atom. The minimum absolute atomic E-state index is 0. The summed E-state index contributed by atoms with van der Waals surface area (Å²) in [5.74, 6) is 3.00. The van der Waals surface area contributed by atoms with Crippen molar-refractivity contribution in [2.75, 3.05) is 18.8 Å². The van der Waals surface area contributed by atoms with Gasteiger partial charge in [-0.15, -0.1) is 24.2 Å². The van der Waals surface area contributed by atoms with Crippen LogP contribution in [0.4, 0.5) is 0 Å². The third-order valence-corrected chi connectivity index (χ3v) is 5.86. The van der Waals surface area contributed by atoms with Gasteiger partial charge in [0.05, 0.1) is 5.25 Å². The molecule has 112 valence electrons. The highest BCUT2D eigenvalue weighted by molar-refractivity contribution is 8.00. The molecule has 4 unspecified atom stereocenters. The van der Waals surface area contributed by atoms with Crippen molar-refractivity contribution in [1.29, 1.82) is 0 Å². The second kappa shape index (κ2) is 7.19. The molecule has 2 aliphatic rings. The van der Waals surface area contributed by atoms with Crippen LogP contribution in [0.5, 0.6) is 0 Å². The summed E-state index contributed by atoms with van der Waals surface area (Å²) in [6.45, 7) is 8.27. The van der Waals surface area contributed by atoms with E-state index < -0.39 is 0 Å². The van der Waals surface area contributed by atoms with Crippen LogP contribution in [0.25, 0.3) is 0 Å². The van der Waals surface area contributed by atoms with Gasteiger partial charge in [0, 0.05) is 19.1 Å². The molecule has 1 saturated heterocycles. The standard InChI is InChI=1S/C14H26N2OS.ClH/c1-4-18-13(9(2)3)14(17)16-7-10-5-6-12(15)11(10)8-16;/h9-13H,4-8,15H2,1-3H3;1H. The van der Waals surface area contributed by atoms with E-state index in [0.717, 1.165) is 25.3 Å². The van der Waals surface area contributed by atoms with E-state index in [4.69, 9.17) is 5.73 Å². The number of thioether (sulfide) groups is 1. The molecule has 1 saturated carbocycles. The molecule has 1 aliphatic heterocycles. The molecule has 4 atom stereocenters. The van der Waals surface area contributed by atoms with Crippen LogP contribution in [-0.2, 0) is 4.79 Å². The van der Waals surface area contributed by atoms with E-state index in [2.05, 4.69) is 25.7 Å². The minimum Gasteiger partial charge on any atom is -0.341 e. The van der Waals surface area contributed by atoms with Crippen molar-refractivity contribution in [3.63, 3.8) is 0 Å². The van der Waals surface area contributed by atoms with Gasteiger partial charge in [0.25, 0.3) is 0 Å². The molecule has 1 aliphatic carbocycles. The van der Waals surface area contributed by atoms with Gasteiger partial charge < -0.3 is 10.6 Å². The lowest BCUT2D eigenvalue weighted by Crippen LogP contribution is -2.40. The van der Waals surface area contributed by atoms with E-state index >= 15 is 0 Å². The first-order chi connectivity index (χ1) is 8.54. The molecule has 19 heavy (non-hydrogen) atoms. The quantitative estimate of drug-likeness (QED) is 0.867.